The second-order valence-corrected chi connectivity index (χ2v) is 3.41. The molecule has 0 saturated heterocycles. The third-order valence-electron chi connectivity index (χ3n) is 2.39. The molecule has 0 aliphatic carbocycles. The minimum Gasteiger partial charge on any atom is -0.499 e. The maximum absolute atomic E-state index is 11.9. The topological polar surface area (TPSA) is 46.6 Å². The van der Waals surface area contributed by atoms with Crippen LogP contribution in [0, 0.1) is 0 Å². The van der Waals surface area contributed by atoms with Crippen LogP contribution in [0.1, 0.15) is 10.4 Å². The molecule has 1 aliphatic heterocycles. The van der Waals surface area contributed by atoms with Crippen molar-refractivity contribution in [2.24, 2.45) is 0 Å². The van der Waals surface area contributed by atoms with Crippen LogP contribution in [-0.2, 0) is 9.53 Å². The summed E-state index contributed by atoms with van der Waals surface area (Å²) in [4.78, 5) is 24.6. The lowest BCUT2D eigenvalue weighted by atomic mass is 10.2. The van der Waals surface area contributed by atoms with Crippen molar-refractivity contribution in [3.05, 3.63) is 47.7 Å². The van der Waals surface area contributed by atoms with Crippen LogP contribution >= 0.6 is 0 Å². The van der Waals surface area contributed by atoms with Crippen LogP contribution in [0.5, 0.6) is 0 Å². The van der Waals surface area contributed by atoms with Gasteiger partial charge in [0.1, 0.15) is 5.76 Å². The number of carbonyl (C=O) groups excluding carboxylic acids is 2. The Kier molecular flexibility index (Phi) is 2.72. The third-order valence-corrected chi connectivity index (χ3v) is 2.39. The van der Waals surface area contributed by atoms with E-state index in [1.54, 1.807) is 24.3 Å². The fourth-order valence-corrected chi connectivity index (χ4v) is 1.53. The van der Waals surface area contributed by atoms with Crippen LogP contribution in [0.2, 0.25) is 0 Å². The average molecular weight is 217 g/mol. The third kappa shape index (κ3) is 1.82. The maximum Gasteiger partial charge on any atom is 0.261 e. The first kappa shape index (κ1) is 10.4. The summed E-state index contributed by atoms with van der Waals surface area (Å²) in [5.41, 5.74) is 0.501. The Labute approximate surface area is 93.1 Å². The summed E-state index contributed by atoms with van der Waals surface area (Å²) in [6.45, 7) is 0.211. The van der Waals surface area contributed by atoms with E-state index in [4.69, 9.17) is 4.74 Å². The lowest BCUT2D eigenvalue weighted by Gasteiger charge is -2.13. The van der Waals surface area contributed by atoms with Crippen molar-refractivity contribution in [3.8, 4) is 0 Å². The summed E-state index contributed by atoms with van der Waals surface area (Å²) in [5.74, 6) is -0.117. The first-order chi connectivity index (χ1) is 7.72. The van der Waals surface area contributed by atoms with E-state index >= 15 is 0 Å². The van der Waals surface area contributed by atoms with E-state index in [2.05, 4.69) is 0 Å². The Morgan fingerprint density at radius 3 is 2.56 bits per heavy atom. The van der Waals surface area contributed by atoms with Crippen LogP contribution < -0.4 is 0 Å². The van der Waals surface area contributed by atoms with Crippen LogP contribution in [0.4, 0.5) is 0 Å². The fourth-order valence-electron chi connectivity index (χ4n) is 1.53. The van der Waals surface area contributed by atoms with Gasteiger partial charge in [0.05, 0.1) is 13.7 Å². The van der Waals surface area contributed by atoms with Gasteiger partial charge < -0.3 is 4.74 Å². The van der Waals surface area contributed by atoms with E-state index in [9.17, 15) is 9.59 Å². The highest BCUT2D eigenvalue weighted by molar-refractivity contribution is 6.09. The highest BCUT2D eigenvalue weighted by Gasteiger charge is 2.28. The lowest BCUT2D eigenvalue weighted by Crippen LogP contribution is -2.33. The van der Waals surface area contributed by atoms with Crippen molar-refractivity contribution in [2.45, 2.75) is 0 Å². The molecular formula is C12H11NO3. The summed E-state index contributed by atoms with van der Waals surface area (Å²) in [6, 6.07) is 8.71. The standard InChI is InChI=1S/C12H11NO3/c1-16-10-7-11(14)13(8-10)12(15)9-5-3-2-4-6-9/h2-7H,8H2,1H3. The molecule has 16 heavy (non-hydrogen) atoms. The van der Waals surface area contributed by atoms with Crippen molar-refractivity contribution in [2.75, 3.05) is 13.7 Å². The predicted octanol–water partition coefficient (Wildman–Crippen LogP) is 1.20. The van der Waals surface area contributed by atoms with Crippen molar-refractivity contribution in [3.63, 3.8) is 0 Å². The first-order valence-electron chi connectivity index (χ1n) is 4.88. The zero-order valence-corrected chi connectivity index (χ0v) is 8.84. The number of carbonyl (C=O) groups is 2. The summed E-state index contributed by atoms with van der Waals surface area (Å²) >= 11 is 0. The minimum absolute atomic E-state index is 0.211. The molecule has 4 nitrogen and oxygen atoms in total. The van der Waals surface area contributed by atoms with Gasteiger partial charge in [-0.3, -0.25) is 14.5 Å². The molecule has 0 bridgehead atoms. The van der Waals surface area contributed by atoms with E-state index in [1.165, 1.54) is 13.2 Å². The van der Waals surface area contributed by atoms with Crippen molar-refractivity contribution < 1.29 is 14.3 Å². The van der Waals surface area contributed by atoms with Gasteiger partial charge in [0, 0.05) is 11.6 Å². The molecule has 0 aromatic heterocycles. The van der Waals surface area contributed by atoms with Gasteiger partial charge in [0.15, 0.2) is 0 Å². The molecule has 0 unspecified atom stereocenters. The molecule has 4 heteroatoms. The molecule has 0 N–H and O–H groups in total. The van der Waals surface area contributed by atoms with Gasteiger partial charge in [-0.2, -0.15) is 0 Å². The zero-order chi connectivity index (χ0) is 11.5. The van der Waals surface area contributed by atoms with Gasteiger partial charge in [-0.1, -0.05) is 18.2 Å². The van der Waals surface area contributed by atoms with Crippen LogP contribution in [0.3, 0.4) is 0 Å². The van der Waals surface area contributed by atoms with Gasteiger partial charge >= 0.3 is 0 Å². The Bertz CT molecular complexity index is 451. The number of methoxy groups -OCH3 is 1. The smallest absolute Gasteiger partial charge is 0.261 e. The Morgan fingerprint density at radius 2 is 2.00 bits per heavy atom. The summed E-state index contributed by atoms with van der Waals surface area (Å²) in [5, 5.41) is 0. The van der Waals surface area contributed by atoms with Gasteiger partial charge in [-0.05, 0) is 12.1 Å². The largest absolute Gasteiger partial charge is 0.499 e. The first-order valence-corrected chi connectivity index (χ1v) is 4.88. The quantitative estimate of drug-likeness (QED) is 0.699. The minimum atomic E-state index is -0.328. The monoisotopic (exact) mass is 217 g/mol. The predicted molar refractivity (Wildman–Crippen MR) is 57.6 cm³/mol. The van der Waals surface area contributed by atoms with Gasteiger partial charge in [-0.25, -0.2) is 0 Å². The molecule has 0 radical (unpaired) electrons. The number of benzene rings is 1. The van der Waals surface area contributed by atoms with Gasteiger partial charge in [-0.15, -0.1) is 0 Å². The highest BCUT2D eigenvalue weighted by Crippen LogP contribution is 2.14. The van der Waals surface area contributed by atoms with Crippen molar-refractivity contribution in [1.82, 2.24) is 4.90 Å². The van der Waals surface area contributed by atoms with E-state index in [0.717, 1.165) is 4.90 Å². The van der Waals surface area contributed by atoms with E-state index in [-0.39, 0.29) is 18.4 Å². The van der Waals surface area contributed by atoms with Crippen LogP contribution in [-0.4, -0.2) is 30.4 Å². The van der Waals surface area contributed by atoms with E-state index < -0.39 is 0 Å². The second-order valence-electron chi connectivity index (χ2n) is 3.41. The molecule has 2 amide bonds. The van der Waals surface area contributed by atoms with Crippen LogP contribution in [0.25, 0.3) is 0 Å². The molecule has 0 atom stereocenters. The molecule has 1 aliphatic rings. The van der Waals surface area contributed by atoms with Crippen LogP contribution in [0.15, 0.2) is 42.2 Å². The molecule has 0 spiro atoms. The number of amides is 2. The van der Waals surface area contributed by atoms with Gasteiger partial charge in [0.2, 0.25) is 0 Å². The Morgan fingerprint density at radius 1 is 1.31 bits per heavy atom. The highest BCUT2D eigenvalue weighted by atomic mass is 16.5. The SMILES string of the molecule is COC1=CC(=O)N(C(=O)c2ccccc2)C1. The van der Waals surface area contributed by atoms with E-state index in [1.807, 2.05) is 6.07 Å². The van der Waals surface area contributed by atoms with Crippen molar-refractivity contribution >= 4 is 11.8 Å². The summed E-state index contributed by atoms with van der Waals surface area (Å²) in [6.07, 6.45) is 1.33. The van der Waals surface area contributed by atoms with E-state index in [0.29, 0.717) is 11.3 Å². The molecular weight excluding hydrogens is 206 g/mol. The molecule has 1 aromatic rings. The second kappa shape index (κ2) is 4.18. The lowest BCUT2D eigenvalue weighted by molar-refractivity contribution is -0.122. The average Bonchev–Trinajstić information content (AvgIpc) is 2.71. The molecule has 0 fully saturated rings. The maximum atomic E-state index is 11.9. The molecule has 2 rings (SSSR count). The normalized spacial score (nSPS) is 14.9. The summed E-state index contributed by atoms with van der Waals surface area (Å²) < 4.78 is 4.94. The number of ether oxygens (including phenoxy) is 1. The number of nitrogens with zero attached hydrogens (tertiary/aromatic N) is 1. The number of rotatable bonds is 2. The fraction of sp³-hybridized carbons (Fsp3) is 0.167. The van der Waals surface area contributed by atoms with Crippen molar-refractivity contribution in [1.29, 1.82) is 0 Å². The van der Waals surface area contributed by atoms with Gasteiger partial charge in [0.25, 0.3) is 11.8 Å². The molecule has 82 valence electrons. The summed E-state index contributed by atoms with van der Waals surface area (Å²) in [7, 11) is 1.48. The molecule has 1 heterocycles. The Balaban J connectivity index is 2.17. The molecule has 1 aromatic carbocycles. The Hall–Kier alpha value is -2.10. The number of hydrogen-bond donors (Lipinski definition) is 0. The molecule has 0 saturated carbocycles. The zero-order valence-electron chi connectivity index (χ0n) is 8.84. The number of hydrogen-bond acceptors (Lipinski definition) is 3. The number of imide groups is 1.